The van der Waals surface area contributed by atoms with Gasteiger partial charge in [-0.15, -0.1) is 0 Å². The molecule has 1 amide bonds. The van der Waals surface area contributed by atoms with E-state index < -0.39 is 23.7 Å². The molecule has 178 valence electrons. The molecule has 34 heavy (non-hydrogen) atoms. The van der Waals surface area contributed by atoms with Gasteiger partial charge in [-0.05, 0) is 61.3 Å². The lowest BCUT2D eigenvalue weighted by Crippen LogP contribution is -2.50. The molecule has 1 aliphatic heterocycles. The Kier molecular flexibility index (Phi) is 6.82. The van der Waals surface area contributed by atoms with Crippen molar-refractivity contribution in [2.75, 3.05) is 20.7 Å². The zero-order chi connectivity index (χ0) is 24.4. The molecule has 1 fully saturated rings. The van der Waals surface area contributed by atoms with Crippen molar-refractivity contribution >= 4 is 17.0 Å². The van der Waals surface area contributed by atoms with Gasteiger partial charge in [-0.3, -0.25) is 9.36 Å². The number of likely N-dealkylation sites (N-methyl/N-ethyl adjacent to an activating group) is 1. The lowest BCUT2D eigenvalue weighted by atomic mass is 9.99. The van der Waals surface area contributed by atoms with Crippen molar-refractivity contribution in [3.05, 3.63) is 58.3 Å². The molecule has 3 aromatic rings. The smallest absolute Gasteiger partial charge is 0.408 e. The molecule has 2 heterocycles. The Bertz CT molecular complexity index is 1310. The van der Waals surface area contributed by atoms with Crippen molar-refractivity contribution in [3.8, 4) is 17.2 Å². The van der Waals surface area contributed by atoms with Crippen molar-refractivity contribution in [1.82, 2.24) is 14.8 Å². The third-order valence-corrected chi connectivity index (χ3v) is 6.51. The number of likely N-dealkylation sites (tertiary alicyclic amines) is 1. The fourth-order valence-electron chi connectivity index (χ4n) is 4.56. The Morgan fingerprint density at radius 2 is 2.03 bits per heavy atom. The molecule has 9 heteroatoms. The number of aryl methyl sites for hydroxylation is 1. The number of methoxy groups -OCH3 is 1. The van der Waals surface area contributed by atoms with Gasteiger partial charge in [0, 0.05) is 26.6 Å². The van der Waals surface area contributed by atoms with Crippen LogP contribution in [0.15, 0.2) is 45.6 Å². The predicted molar refractivity (Wildman–Crippen MR) is 125 cm³/mol. The molecule has 1 unspecified atom stereocenters. The second-order valence-corrected chi connectivity index (χ2v) is 8.66. The minimum Gasteiger partial charge on any atom is -0.408 e. The third kappa shape index (κ3) is 4.60. The van der Waals surface area contributed by atoms with Gasteiger partial charge < -0.3 is 19.4 Å². The van der Waals surface area contributed by atoms with Crippen molar-refractivity contribution in [2.24, 2.45) is 7.05 Å². The molecule has 2 aromatic carbocycles. The van der Waals surface area contributed by atoms with E-state index in [-0.39, 0.29) is 18.4 Å². The van der Waals surface area contributed by atoms with Crippen LogP contribution in [-0.2, 0) is 23.0 Å². The van der Waals surface area contributed by atoms with E-state index >= 15 is 0 Å². The van der Waals surface area contributed by atoms with Crippen LogP contribution in [0.1, 0.15) is 18.4 Å². The Morgan fingerprint density at radius 3 is 2.68 bits per heavy atom. The fraction of sp³-hybridized carbons (Fsp3) is 0.400. The van der Waals surface area contributed by atoms with Gasteiger partial charge in [0.25, 0.3) is 5.91 Å². The van der Waals surface area contributed by atoms with Gasteiger partial charge in [0.05, 0.1) is 11.6 Å². The number of carbonyl (C=O) groups is 1. The number of amides is 1. The van der Waals surface area contributed by atoms with Gasteiger partial charge in [0.15, 0.2) is 11.7 Å². The number of benzene rings is 2. The van der Waals surface area contributed by atoms with E-state index in [2.05, 4.69) is 16.3 Å². The summed E-state index contributed by atoms with van der Waals surface area (Å²) in [7, 11) is 5.03. The number of oxazole rings is 1. The standard InChI is InChI=1S/C25H27FN4O4/c1-29-10-4-5-20(29)23(33-3)24(31)28-18(14-27)11-17-7-6-15(12-19(17)26)16-8-9-22-21(13-16)30(2)25(32)34-22/h6-9,12-13,18,20,23H,4-5,10-11H2,1-3H3,(H,28,31)/t18-,20-,23?/m0/s1. The second kappa shape index (κ2) is 9.79. The van der Waals surface area contributed by atoms with Gasteiger partial charge >= 0.3 is 5.76 Å². The molecule has 1 aromatic heterocycles. The summed E-state index contributed by atoms with van der Waals surface area (Å²) in [5, 5.41) is 12.3. The van der Waals surface area contributed by atoms with E-state index in [1.54, 1.807) is 37.4 Å². The molecular formula is C25H27FN4O4. The summed E-state index contributed by atoms with van der Waals surface area (Å²) >= 11 is 0. The van der Waals surface area contributed by atoms with E-state index in [1.165, 1.54) is 17.7 Å². The zero-order valence-corrected chi connectivity index (χ0v) is 19.4. The first-order valence-corrected chi connectivity index (χ1v) is 11.1. The van der Waals surface area contributed by atoms with Gasteiger partial charge in [-0.2, -0.15) is 5.26 Å². The molecule has 3 atom stereocenters. The largest absolute Gasteiger partial charge is 0.419 e. The first kappa shape index (κ1) is 23.7. The van der Waals surface area contributed by atoms with E-state index in [0.29, 0.717) is 22.2 Å². The third-order valence-electron chi connectivity index (χ3n) is 6.51. The summed E-state index contributed by atoms with van der Waals surface area (Å²) in [6.07, 6.45) is 1.16. The summed E-state index contributed by atoms with van der Waals surface area (Å²) in [4.78, 5) is 26.6. The maximum atomic E-state index is 15.0. The predicted octanol–water partition coefficient (Wildman–Crippen LogP) is 2.60. The van der Waals surface area contributed by atoms with E-state index in [4.69, 9.17) is 9.15 Å². The Labute approximate surface area is 196 Å². The zero-order valence-electron chi connectivity index (χ0n) is 19.4. The summed E-state index contributed by atoms with van der Waals surface area (Å²) in [6, 6.07) is 11.0. The highest BCUT2D eigenvalue weighted by molar-refractivity contribution is 5.82. The Morgan fingerprint density at radius 1 is 1.29 bits per heavy atom. The molecule has 0 spiro atoms. The quantitative estimate of drug-likeness (QED) is 0.575. The molecule has 0 saturated carbocycles. The van der Waals surface area contributed by atoms with Gasteiger partial charge in [-0.25, -0.2) is 9.18 Å². The molecule has 0 radical (unpaired) electrons. The highest BCUT2D eigenvalue weighted by Gasteiger charge is 2.35. The molecule has 1 saturated heterocycles. The molecule has 8 nitrogen and oxygen atoms in total. The summed E-state index contributed by atoms with van der Waals surface area (Å²) in [5.74, 6) is -1.32. The van der Waals surface area contributed by atoms with E-state index in [9.17, 15) is 19.2 Å². The lowest BCUT2D eigenvalue weighted by Gasteiger charge is -2.27. The van der Waals surface area contributed by atoms with Crippen LogP contribution in [0.4, 0.5) is 4.39 Å². The maximum absolute atomic E-state index is 15.0. The van der Waals surface area contributed by atoms with Crippen LogP contribution >= 0.6 is 0 Å². The van der Waals surface area contributed by atoms with Crippen molar-refractivity contribution in [2.45, 2.75) is 37.5 Å². The van der Waals surface area contributed by atoms with Crippen LogP contribution in [0.25, 0.3) is 22.2 Å². The van der Waals surface area contributed by atoms with Gasteiger partial charge in [-0.1, -0.05) is 18.2 Å². The average molecular weight is 467 g/mol. The number of carbonyl (C=O) groups excluding carboxylic acids is 1. The van der Waals surface area contributed by atoms with Crippen molar-refractivity contribution in [1.29, 1.82) is 5.26 Å². The highest BCUT2D eigenvalue weighted by Crippen LogP contribution is 2.26. The summed E-state index contributed by atoms with van der Waals surface area (Å²) < 4.78 is 26.9. The fourth-order valence-corrected chi connectivity index (χ4v) is 4.56. The number of hydrogen-bond acceptors (Lipinski definition) is 6. The number of halogens is 1. The Hall–Kier alpha value is -3.48. The SMILES string of the molecule is COC(C(=O)N[C@H](C#N)Cc1ccc(-c2ccc3oc(=O)n(C)c3c2)cc1F)[C@@H]1CCCN1C. The molecular weight excluding hydrogens is 439 g/mol. The monoisotopic (exact) mass is 466 g/mol. The highest BCUT2D eigenvalue weighted by atomic mass is 19.1. The van der Waals surface area contributed by atoms with Crippen molar-refractivity contribution < 1.29 is 18.3 Å². The number of fused-ring (bicyclic) bond motifs is 1. The Balaban J connectivity index is 1.49. The first-order valence-electron chi connectivity index (χ1n) is 11.1. The minimum atomic E-state index is -0.894. The molecule has 0 aliphatic carbocycles. The molecule has 4 rings (SSSR count). The van der Waals surface area contributed by atoms with E-state index in [0.717, 1.165) is 24.9 Å². The number of hydrogen-bond donors (Lipinski definition) is 1. The molecule has 1 aliphatic rings. The van der Waals surface area contributed by atoms with Crippen LogP contribution in [0.5, 0.6) is 0 Å². The maximum Gasteiger partial charge on any atom is 0.419 e. The van der Waals surface area contributed by atoms with Crippen LogP contribution in [0, 0.1) is 17.1 Å². The van der Waals surface area contributed by atoms with Crippen LogP contribution < -0.4 is 11.1 Å². The van der Waals surface area contributed by atoms with Crippen molar-refractivity contribution in [3.63, 3.8) is 0 Å². The summed E-state index contributed by atoms with van der Waals surface area (Å²) in [6.45, 7) is 0.890. The summed E-state index contributed by atoms with van der Waals surface area (Å²) in [5.41, 5.74) is 2.74. The van der Waals surface area contributed by atoms with Crippen LogP contribution in [0.2, 0.25) is 0 Å². The molecule has 1 N–H and O–H groups in total. The number of nitriles is 1. The number of ether oxygens (including phenoxy) is 1. The van der Waals surface area contributed by atoms with Gasteiger partial charge in [0.2, 0.25) is 0 Å². The van der Waals surface area contributed by atoms with Crippen LogP contribution in [0.3, 0.4) is 0 Å². The molecule has 0 bridgehead atoms. The number of nitrogens with zero attached hydrogens (tertiary/aromatic N) is 3. The normalized spacial score (nSPS) is 18.0. The topological polar surface area (TPSA) is 100 Å². The minimum absolute atomic E-state index is 0.0283. The van der Waals surface area contributed by atoms with E-state index in [1.807, 2.05) is 7.05 Å². The van der Waals surface area contributed by atoms with Gasteiger partial charge in [0.1, 0.15) is 11.9 Å². The first-order chi connectivity index (χ1) is 16.3. The lowest BCUT2D eigenvalue weighted by molar-refractivity contribution is -0.134. The number of nitrogens with one attached hydrogen (secondary N) is 1. The second-order valence-electron chi connectivity index (χ2n) is 8.66. The number of rotatable bonds is 7. The average Bonchev–Trinajstić information content (AvgIpc) is 3.37. The van der Waals surface area contributed by atoms with Crippen LogP contribution in [-0.4, -0.2) is 54.3 Å². The number of aromatic nitrogens is 1.